The van der Waals surface area contributed by atoms with Crippen LogP contribution in [0.2, 0.25) is 0 Å². The van der Waals surface area contributed by atoms with E-state index >= 15 is 0 Å². The smallest absolute Gasteiger partial charge is 0.123 e. The fraction of sp³-hybridized carbons (Fsp3) is 0.600. The second-order valence-corrected chi connectivity index (χ2v) is 5.24. The van der Waals surface area contributed by atoms with Gasteiger partial charge in [-0.3, -0.25) is 0 Å². The van der Waals surface area contributed by atoms with Crippen molar-refractivity contribution in [3.8, 4) is 5.75 Å². The Labute approximate surface area is 117 Å². The molecule has 0 heterocycles. The molecule has 2 N–H and O–H groups in total. The first kappa shape index (κ1) is 16.0. The molecule has 0 aromatic heterocycles. The van der Waals surface area contributed by atoms with Crippen LogP contribution in [0.5, 0.6) is 5.75 Å². The zero-order chi connectivity index (χ0) is 14.3. The number of hydrogen-bond donors (Lipinski definition) is 1. The SMILES string of the molecule is COc1ccc(CN(C)CCCN(C)C)cc1CN. The lowest BCUT2D eigenvalue weighted by molar-refractivity contribution is 0.294. The molecule has 108 valence electrons. The van der Waals surface area contributed by atoms with Crippen LogP contribution in [0, 0.1) is 0 Å². The van der Waals surface area contributed by atoms with E-state index in [0.29, 0.717) is 6.54 Å². The van der Waals surface area contributed by atoms with Crippen LogP contribution < -0.4 is 10.5 Å². The third kappa shape index (κ3) is 5.59. The molecule has 0 saturated heterocycles. The number of methoxy groups -OCH3 is 1. The zero-order valence-corrected chi connectivity index (χ0v) is 12.6. The van der Waals surface area contributed by atoms with Crippen molar-refractivity contribution in [2.24, 2.45) is 5.73 Å². The average molecular weight is 265 g/mol. The summed E-state index contributed by atoms with van der Waals surface area (Å²) in [6.07, 6.45) is 1.18. The van der Waals surface area contributed by atoms with Crippen LogP contribution in [-0.2, 0) is 13.1 Å². The minimum atomic E-state index is 0.515. The Hall–Kier alpha value is -1.10. The van der Waals surface area contributed by atoms with Crippen LogP contribution in [0.15, 0.2) is 18.2 Å². The van der Waals surface area contributed by atoms with Gasteiger partial charge in [0, 0.05) is 18.7 Å². The monoisotopic (exact) mass is 265 g/mol. The summed E-state index contributed by atoms with van der Waals surface area (Å²) >= 11 is 0. The van der Waals surface area contributed by atoms with E-state index < -0.39 is 0 Å². The van der Waals surface area contributed by atoms with E-state index in [4.69, 9.17) is 10.5 Å². The summed E-state index contributed by atoms with van der Waals surface area (Å²) in [5, 5.41) is 0. The normalized spacial score (nSPS) is 11.3. The van der Waals surface area contributed by atoms with Crippen molar-refractivity contribution in [1.29, 1.82) is 0 Å². The molecule has 4 heteroatoms. The van der Waals surface area contributed by atoms with Gasteiger partial charge < -0.3 is 20.3 Å². The molecule has 19 heavy (non-hydrogen) atoms. The maximum atomic E-state index is 5.74. The van der Waals surface area contributed by atoms with Gasteiger partial charge in [-0.1, -0.05) is 6.07 Å². The summed E-state index contributed by atoms with van der Waals surface area (Å²) < 4.78 is 5.29. The lowest BCUT2D eigenvalue weighted by Crippen LogP contribution is -2.23. The topological polar surface area (TPSA) is 41.7 Å². The summed E-state index contributed by atoms with van der Waals surface area (Å²) in [6.45, 7) is 3.69. The van der Waals surface area contributed by atoms with Crippen LogP contribution >= 0.6 is 0 Å². The Balaban J connectivity index is 2.52. The molecule has 1 aromatic rings. The van der Waals surface area contributed by atoms with E-state index in [1.165, 1.54) is 12.0 Å². The largest absolute Gasteiger partial charge is 0.496 e. The van der Waals surface area contributed by atoms with Gasteiger partial charge in [-0.15, -0.1) is 0 Å². The lowest BCUT2D eigenvalue weighted by Gasteiger charge is -2.19. The maximum absolute atomic E-state index is 5.74. The van der Waals surface area contributed by atoms with Gasteiger partial charge in [-0.2, -0.15) is 0 Å². The predicted molar refractivity (Wildman–Crippen MR) is 80.4 cm³/mol. The third-order valence-electron chi connectivity index (χ3n) is 3.16. The molecule has 0 aliphatic rings. The second kappa shape index (κ2) is 8.15. The van der Waals surface area contributed by atoms with E-state index in [9.17, 15) is 0 Å². The molecule has 0 fully saturated rings. The van der Waals surface area contributed by atoms with Gasteiger partial charge in [-0.25, -0.2) is 0 Å². The highest BCUT2D eigenvalue weighted by Gasteiger charge is 2.05. The highest BCUT2D eigenvalue weighted by molar-refractivity contribution is 5.37. The number of ether oxygens (including phenoxy) is 1. The Kier molecular flexibility index (Phi) is 6.84. The van der Waals surface area contributed by atoms with E-state index in [1.54, 1.807) is 7.11 Å². The number of benzene rings is 1. The van der Waals surface area contributed by atoms with Gasteiger partial charge in [0.05, 0.1) is 7.11 Å². The van der Waals surface area contributed by atoms with Gasteiger partial charge in [-0.05, 0) is 58.3 Å². The molecule has 0 unspecified atom stereocenters. The summed E-state index contributed by atoms with van der Waals surface area (Å²) in [4.78, 5) is 4.55. The number of nitrogens with zero attached hydrogens (tertiary/aromatic N) is 2. The van der Waals surface area contributed by atoms with Gasteiger partial charge in [0.2, 0.25) is 0 Å². The fourth-order valence-corrected chi connectivity index (χ4v) is 2.14. The molecule has 1 aromatic carbocycles. The lowest BCUT2D eigenvalue weighted by atomic mass is 10.1. The van der Waals surface area contributed by atoms with Crippen LogP contribution in [0.1, 0.15) is 17.5 Å². The highest BCUT2D eigenvalue weighted by Crippen LogP contribution is 2.19. The average Bonchev–Trinajstić information content (AvgIpc) is 2.38. The van der Waals surface area contributed by atoms with Crippen molar-refractivity contribution in [2.75, 3.05) is 41.3 Å². The second-order valence-electron chi connectivity index (χ2n) is 5.24. The van der Waals surface area contributed by atoms with Crippen molar-refractivity contribution in [3.05, 3.63) is 29.3 Å². The molecular formula is C15H27N3O. The minimum absolute atomic E-state index is 0.515. The number of nitrogens with two attached hydrogens (primary N) is 1. The first-order valence-electron chi connectivity index (χ1n) is 6.76. The Morgan fingerprint density at radius 1 is 1.16 bits per heavy atom. The third-order valence-corrected chi connectivity index (χ3v) is 3.16. The number of hydrogen-bond acceptors (Lipinski definition) is 4. The van der Waals surface area contributed by atoms with E-state index in [0.717, 1.165) is 30.9 Å². The molecule has 0 amide bonds. The summed E-state index contributed by atoms with van der Waals surface area (Å²) in [6, 6.07) is 6.26. The summed E-state index contributed by atoms with van der Waals surface area (Å²) in [5.41, 5.74) is 8.10. The predicted octanol–water partition coefficient (Wildman–Crippen LogP) is 1.54. The van der Waals surface area contributed by atoms with Crippen molar-refractivity contribution < 1.29 is 4.74 Å². The standard InChI is InChI=1S/C15H27N3O/c1-17(2)8-5-9-18(3)12-13-6-7-15(19-4)14(10-13)11-16/h6-7,10H,5,8-9,11-12,16H2,1-4H3. The van der Waals surface area contributed by atoms with Crippen LogP contribution in [0.4, 0.5) is 0 Å². The molecule has 1 rings (SSSR count). The van der Waals surface area contributed by atoms with Crippen LogP contribution in [0.3, 0.4) is 0 Å². The minimum Gasteiger partial charge on any atom is -0.496 e. The summed E-state index contributed by atoms with van der Waals surface area (Å²) in [5.74, 6) is 0.876. The molecule has 4 nitrogen and oxygen atoms in total. The van der Waals surface area contributed by atoms with Crippen molar-refractivity contribution in [2.45, 2.75) is 19.5 Å². The van der Waals surface area contributed by atoms with Gasteiger partial charge >= 0.3 is 0 Å². The highest BCUT2D eigenvalue weighted by atomic mass is 16.5. The van der Waals surface area contributed by atoms with Crippen molar-refractivity contribution in [3.63, 3.8) is 0 Å². The Morgan fingerprint density at radius 2 is 1.89 bits per heavy atom. The van der Waals surface area contributed by atoms with E-state index in [-0.39, 0.29) is 0 Å². The van der Waals surface area contributed by atoms with Crippen molar-refractivity contribution >= 4 is 0 Å². The molecule has 0 aliphatic heterocycles. The van der Waals surface area contributed by atoms with Crippen LogP contribution in [-0.4, -0.2) is 51.1 Å². The molecule has 0 spiro atoms. The fourth-order valence-electron chi connectivity index (χ4n) is 2.14. The molecule has 0 atom stereocenters. The molecule has 0 aliphatic carbocycles. The maximum Gasteiger partial charge on any atom is 0.123 e. The van der Waals surface area contributed by atoms with Crippen molar-refractivity contribution in [1.82, 2.24) is 9.80 Å². The van der Waals surface area contributed by atoms with Gasteiger partial charge in [0.25, 0.3) is 0 Å². The van der Waals surface area contributed by atoms with Gasteiger partial charge in [0.15, 0.2) is 0 Å². The zero-order valence-electron chi connectivity index (χ0n) is 12.6. The Bertz CT molecular complexity index is 380. The van der Waals surface area contributed by atoms with Crippen LogP contribution in [0.25, 0.3) is 0 Å². The Morgan fingerprint density at radius 3 is 2.47 bits per heavy atom. The molecule has 0 bridgehead atoms. The quantitative estimate of drug-likeness (QED) is 0.774. The first-order valence-corrected chi connectivity index (χ1v) is 6.76. The molecule has 0 radical (unpaired) electrons. The molecule has 0 saturated carbocycles. The van der Waals surface area contributed by atoms with E-state index in [1.807, 2.05) is 6.07 Å². The first-order chi connectivity index (χ1) is 9.06. The number of rotatable bonds is 8. The van der Waals surface area contributed by atoms with Gasteiger partial charge in [0.1, 0.15) is 5.75 Å². The summed E-state index contributed by atoms with van der Waals surface area (Å²) in [7, 11) is 8.05. The van der Waals surface area contributed by atoms with E-state index in [2.05, 4.69) is 43.1 Å². The molecular weight excluding hydrogens is 238 g/mol.